The molecule has 0 spiro atoms. The monoisotopic (exact) mass is 339 g/mol. The quantitative estimate of drug-likeness (QED) is 0.450. The van der Waals surface area contributed by atoms with Crippen LogP contribution in [0.3, 0.4) is 0 Å². The summed E-state index contributed by atoms with van der Waals surface area (Å²) in [6.45, 7) is 3.86. The number of hydrazone groups is 1. The smallest absolute Gasteiger partial charge is 0.335 e. The van der Waals surface area contributed by atoms with Gasteiger partial charge in [-0.1, -0.05) is 18.2 Å². The van der Waals surface area contributed by atoms with Gasteiger partial charge < -0.3 is 10.4 Å². The number of carboxylic acid groups (broad SMARTS) is 1. The second kappa shape index (κ2) is 7.87. The van der Waals surface area contributed by atoms with E-state index in [0.29, 0.717) is 11.3 Å². The summed E-state index contributed by atoms with van der Waals surface area (Å²) in [7, 11) is 0. The lowest BCUT2D eigenvalue weighted by atomic mass is 10.1. The lowest BCUT2D eigenvalue weighted by molar-refractivity contribution is -0.136. The summed E-state index contributed by atoms with van der Waals surface area (Å²) < 4.78 is 0. The summed E-state index contributed by atoms with van der Waals surface area (Å²) >= 11 is 0. The van der Waals surface area contributed by atoms with Crippen LogP contribution in [0.25, 0.3) is 0 Å². The molecule has 0 saturated carbocycles. The van der Waals surface area contributed by atoms with E-state index in [9.17, 15) is 14.4 Å². The average Bonchev–Trinajstić information content (AvgIpc) is 2.58. The molecule has 2 aromatic rings. The molecule has 7 nitrogen and oxygen atoms in total. The van der Waals surface area contributed by atoms with Gasteiger partial charge in [0.1, 0.15) is 0 Å². The van der Waals surface area contributed by atoms with E-state index >= 15 is 0 Å². The van der Waals surface area contributed by atoms with Crippen LogP contribution in [0.1, 0.15) is 27.0 Å². The van der Waals surface area contributed by atoms with E-state index in [1.165, 1.54) is 30.5 Å². The van der Waals surface area contributed by atoms with Gasteiger partial charge >= 0.3 is 17.8 Å². The molecule has 0 heterocycles. The van der Waals surface area contributed by atoms with E-state index in [0.717, 1.165) is 11.1 Å². The Morgan fingerprint density at radius 2 is 1.64 bits per heavy atom. The maximum Gasteiger partial charge on any atom is 0.335 e. The highest BCUT2D eigenvalue weighted by Crippen LogP contribution is 2.13. The van der Waals surface area contributed by atoms with Gasteiger partial charge in [0.05, 0.1) is 11.8 Å². The number of nitrogens with one attached hydrogen (secondary N) is 2. The van der Waals surface area contributed by atoms with Crippen LogP contribution in [0.15, 0.2) is 47.6 Å². The Kier molecular flexibility index (Phi) is 5.62. The van der Waals surface area contributed by atoms with Crippen molar-refractivity contribution in [3.8, 4) is 0 Å². The average molecular weight is 339 g/mol. The summed E-state index contributed by atoms with van der Waals surface area (Å²) in [5, 5.41) is 15.0. The summed E-state index contributed by atoms with van der Waals surface area (Å²) in [5.41, 5.74) is 5.46. The Hall–Kier alpha value is -3.48. The topological polar surface area (TPSA) is 108 Å². The third kappa shape index (κ3) is 5.00. The van der Waals surface area contributed by atoms with Gasteiger partial charge in [-0.15, -0.1) is 0 Å². The van der Waals surface area contributed by atoms with E-state index in [4.69, 9.17) is 5.11 Å². The Balaban J connectivity index is 1.91. The largest absolute Gasteiger partial charge is 0.478 e. The normalized spacial score (nSPS) is 10.5. The maximum atomic E-state index is 11.8. The zero-order valence-electron chi connectivity index (χ0n) is 13.7. The van der Waals surface area contributed by atoms with E-state index in [1.54, 1.807) is 12.1 Å². The van der Waals surface area contributed by atoms with Crippen LogP contribution < -0.4 is 10.7 Å². The molecule has 0 aromatic heterocycles. The van der Waals surface area contributed by atoms with Crippen LogP contribution in [0.2, 0.25) is 0 Å². The first-order chi connectivity index (χ1) is 11.9. The molecule has 0 aliphatic rings. The highest BCUT2D eigenvalue weighted by Gasteiger charge is 2.13. The SMILES string of the molecule is Cc1ccc(NC(=O)C(=O)N/N=C\c2ccc(C(=O)O)cc2)cc1C. The number of hydrogen-bond donors (Lipinski definition) is 3. The van der Waals surface area contributed by atoms with Crippen LogP contribution in [0.5, 0.6) is 0 Å². The predicted octanol–water partition coefficient (Wildman–Crippen LogP) is 2.09. The minimum atomic E-state index is -1.03. The van der Waals surface area contributed by atoms with Crippen molar-refractivity contribution in [3.05, 3.63) is 64.7 Å². The van der Waals surface area contributed by atoms with Crippen molar-refractivity contribution in [3.63, 3.8) is 0 Å². The number of rotatable bonds is 4. The molecule has 0 saturated heterocycles. The number of carbonyl (C=O) groups is 3. The van der Waals surface area contributed by atoms with Crippen molar-refractivity contribution in [1.29, 1.82) is 0 Å². The molecule has 128 valence electrons. The van der Waals surface area contributed by atoms with Crippen LogP contribution in [0.4, 0.5) is 5.69 Å². The lowest BCUT2D eigenvalue weighted by Gasteiger charge is -2.06. The number of anilines is 1. The van der Waals surface area contributed by atoms with Crippen molar-refractivity contribution in [2.24, 2.45) is 5.10 Å². The molecular formula is C18H17N3O4. The first kappa shape index (κ1) is 17.9. The number of amides is 2. The van der Waals surface area contributed by atoms with Crippen LogP contribution in [-0.2, 0) is 9.59 Å². The summed E-state index contributed by atoms with van der Waals surface area (Å²) in [6, 6.07) is 11.2. The number of carbonyl (C=O) groups excluding carboxylic acids is 2. The molecule has 2 aromatic carbocycles. The number of carboxylic acids is 1. The maximum absolute atomic E-state index is 11.8. The van der Waals surface area contributed by atoms with Gasteiger partial charge in [0.2, 0.25) is 0 Å². The van der Waals surface area contributed by atoms with Crippen LogP contribution in [0, 0.1) is 13.8 Å². The predicted molar refractivity (Wildman–Crippen MR) is 93.7 cm³/mol. The van der Waals surface area contributed by atoms with Gasteiger partial charge in [-0.3, -0.25) is 9.59 Å². The van der Waals surface area contributed by atoms with Crippen LogP contribution >= 0.6 is 0 Å². The molecule has 0 fully saturated rings. The first-order valence-corrected chi connectivity index (χ1v) is 7.42. The molecular weight excluding hydrogens is 322 g/mol. The molecule has 0 unspecified atom stereocenters. The van der Waals surface area contributed by atoms with Crippen molar-refractivity contribution in [1.82, 2.24) is 5.43 Å². The van der Waals surface area contributed by atoms with Gasteiger partial charge in [0.25, 0.3) is 0 Å². The zero-order chi connectivity index (χ0) is 18.4. The lowest BCUT2D eigenvalue weighted by Crippen LogP contribution is -2.32. The third-order valence-electron chi connectivity index (χ3n) is 3.51. The molecule has 0 aliphatic carbocycles. The van der Waals surface area contributed by atoms with E-state index in [2.05, 4.69) is 15.8 Å². The Bertz CT molecular complexity index is 842. The summed E-state index contributed by atoms with van der Waals surface area (Å²) in [5.74, 6) is -2.77. The second-order valence-electron chi connectivity index (χ2n) is 5.38. The summed E-state index contributed by atoms with van der Waals surface area (Å²) in [6.07, 6.45) is 1.31. The fourth-order valence-electron chi connectivity index (χ4n) is 1.94. The number of aromatic carboxylic acids is 1. The highest BCUT2D eigenvalue weighted by atomic mass is 16.4. The Labute approximate surface area is 144 Å². The zero-order valence-corrected chi connectivity index (χ0v) is 13.7. The second-order valence-corrected chi connectivity index (χ2v) is 5.38. The molecule has 2 amide bonds. The number of benzene rings is 2. The van der Waals surface area contributed by atoms with Gasteiger partial charge in [-0.25, -0.2) is 10.2 Å². The van der Waals surface area contributed by atoms with Gasteiger partial charge in [0, 0.05) is 5.69 Å². The van der Waals surface area contributed by atoms with Crippen molar-refractivity contribution in [2.45, 2.75) is 13.8 Å². The van der Waals surface area contributed by atoms with E-state index in [1.807, 2.05) is 19.9 Å². The fourth-order valence-corrected chi connectivity index (χ4v) is 1.94. The van der Waals surface area contributed by atoms with Crippen molar-refractivity contribution < 1.29 is 19.5 Å². The number of aryl methyl sites for hydroxylation is 2. The molecule has 0 radical (unpaired) electrons. The van der Waals surface area contributed by atoms with Crippen LogP contribution in [-0.4, -0.2) is 29.1 Å². The van der Waals surface area contributed by atoms with Gasteiger partial charge in [0.15, 0.2) is 0 Å². The minimum absolute atomic E-state index is 0.147. The molecule has 3 N–H and O–H groups in total. The molecule has 2 rings (SSSR count). The fraction of sp³-hybridized carbons (Fsp3) is 0.111. The number of hydrogen-bond acceptors (Lipinski definition) is 4. The minimum Gasteiger partial charge on any atom is -0.478 e. The number of nitrogens with zero attached hydrogens (tertiary/aromatic N) is 1. The molecule has 25 heavy (non-hydrogen) atoms. The first-order valence-electron chi connectivity index (χ1n) is 7.42. The van der Waals surface area contributed by atoms with E-state index in [-0.39, 0.29) is 5.56 Å². The molecule has 7 heteroatoms. The van der Waals surface area contributed by atoms with E-state index < -0.39 is 17.8 Å². The molecule has 0 bridgehead atoms. The molecule has 0 aliphatic heterocycles. The van der Waals surface area contributed by atoms with Crippen molar-refractivity contribution >= 4 is 29.7 Å². The molecule has 0 atom stereocenters. The van der Waals surface area contributed by atoms with Crippen molar-refractivity contribution in [2.75, 3.05) is 5.32 Å². The summed E-state index contributed by atoms with van der Waals surface area (Å²) in [4.78, 5) is 34.3. The Morgan fingerprint density at radius 1 is 0.960 bits per heavy atom. The Morgan fingerprint density at radius 3 is 2.24 bits per heavy atom. The standard InChI is InChI=1S/C18H17N3O4/c1-11-3-8-15(9-12(11)2)20-16(22)17(23)21-19-10-13-4-6-14(7-5-13)18(24)25/h3-10H,1-2H3,(H,20,22)(H,21,23)(H,24,25)/b19-10-. The van der Waals surface area contributed by atoms with Gasteiger partial charge in [-0.2, -0.15) is 5.10 Å². The van der Waals surface area contributed by atoms with Gasteiger partial charge in [-0.05, 0) is 54.8 Å². The third-order valence-corrected chi connectivity index (χ3v) is 3.51. The highest BCUT2D eigenvalue weighted by molar-refractivity contribution is 6.39.